The third-order valence-electron chi connectivity index (χ3n) is 5.88. The number of sulfonamides is 1. The summed E-state index contributed by atoms with van der Waals surface area (Å²) in [5.41, 5.74) is 1.44. The highest BCUT2D eigenvalue weighted by atomic mass is 32.2. The highest BCUT2D eigenvalue weighted by Gasteiger charge is 2.27. The number of carbonyl (C=O) groups excluding carboxylic acids is 1. The Labute approximate surface area is 203 Å². The van der Waals surface area contributed by atoms with Crippen LogP contribution in [0.4, 0.5) is 5.69 Å². The molecule has 0 atom stereocenters. The summed E-state index contributed by atoms with van der Waals surface area (Å²) in [7, 11) is -3.95. The van der Waals surface area contributed by atoms with Crippen LogP contribution >= 0.6 is 0 Å². The lowest BCUT2D eigenvalue weighted by Crippen LogP contribution is -2.41. The van der Waals surface area contributed by atoms with Gasteiger partial charge in [-0.1, -0.05) is 37.0 Å². The van der Waals surface area contributed by atoms with E-state index in [0.717, 1.165) is 22.7 Å². The summed E-state index contributed by atoms with van der Waals surface area (Å²) in [5.74, 6) is 0.240. The van der Waals surface area contributed by atoms with Crippen LogP contribution in [0.15, 0.2) is 53.4 Å². The minimum atomic E-state index is -3.95. The predicted octanol–water partition coefficient (Wildman–Crippen LogP) is 4.44. The van der Waals surface area contributed by atoms with Crippen molar-refractivity contribution in [1.82, 2.24) is 5.32 Å². The molecule has 1 aliphatic carbocycles. The second-order valence-corrected chi connectivity index (χ2v) is 10.4. The van der Waals surface area contributed by atoms with E-state index in [2.05, 4.69) is 5.32 Å². The van der Waals surface area contributed by atoms with Crippen molar-refractivity contribution in [2.45, 2.75) is 63.4 Å². The summed E-state index contributed by atoms with van der Waals surface area (Å²) >= 11 is 0. The number of rotatable bonds is 12. The van der Waals surface area contributed by atoms with Crippen LogP contribution in [0.2, 0.25) is 0 Å². The maximum absolute atomic E-state index is 13.5. The fraction of sp³-hybridized carbons (Fsp3) is 0.500. The standard InChI is InChI=1S/C26H36N2O5S/c1-3-32-24-14-16-25(17-15-24)34(30,31)28(22-12-10-21(2)11-13-22)20-26(29)27-18-7-19-33-23-8-5-4-6-9-23/h10-17,23H,3-9,18-20H2,1-2H3,(H,27,29). The number of benzene rings is 2. The third kappa shape index (κ3) is 7.46. The quantitative estimate of drug-likeness (QED) is 0.447. The molecule has 8 heteroatoms. The van der Waals surface area contributed by atoms with Crippen LogP contribution in [0, 0.1) is 6.92 Å². The van der Waals surface area contributed by atoms with E-state index < -0.39 is 10.0 Å². The Kier molecular flexibility index (Phi) is 9.77. The number of amides is 1. The number of carbonyl (C=O) groups is 1. The van der Waals surface area contributed by atoms with E-state index in [9.17, 15) is 13.2 Å². The minimum absolute atomic E-state index is 0.102. The average Bonchev–Trinajstić information content (AvgIpc) is 2.84. The zero-order valence-electron chi connectivity index (χ0n) is 20.2. The van der Waals surface area contributed by atoms with E-state index in [-0.39, 0.29) is 17.3 Å². The van der Waals surface area contributed by atoms with Gasteiger partial charge in [0.1, 0.15) is 12.3 Å². The van der Waals surface area contributed by atoms with Crippen molar-refractivity contribution in [2.24, 2.45) is 0 Å². The first-order chi connectivity index (χ1) is 16.4. The van der Waals surface area contributed by atoms with Gasteiger partial charge < -0.3 is 14.8 Å². The third-order valence-corrected chi connectivity index (χ3v) is 7.67. The molecule has 1 saturated carbocycles. The van der Waals surface area contributed by atoms with Crippen molar-refractivity contribution in [1.29, 1.82) is 0 Å². The molecular weight excluding hydrogens is 452 g/mol. The summed E-state index contributed by atoms with van der Waals surface area (Å²) in [6, 6.07) is 13.3. The van der Waals surface area contributed by atoms with Crippen LogP contribution in [0.5, 0.6) is 5.75 Å². The van der Waals surface area contributed by atoms with Gasteiger partial charge in [-0.15, -0.1) is 0 Å². The number of hydrogen-bond donors (Lipinski definition) is 1. The molecule has 0 saturated heterocycles. The highest BCUT2D eigenvalue weighted by molar-refractivity contribution is 7.92. The number of anilines is 1. The maximum atomic E-state index is 13.5. The summed E-state index contributed by atoms with van der Waals surface area (Å²) in [6.45, 7) is 5.02. The lowest BCUT2D eigenvalue weighted by atomic mass is 9.98. The Morgan fingerprint density at radius 2 is 1.71 bits per heavy atom. The molecule has 2 aromatic carbocycles. The first-order valence-corrected chi connectivity index (χ1v) is 13.5. The molecule has 1 amide bonds. The molecule has 1 N–H and O–H groups in total. The van der Waals surface area contributed by atoms with Gasteiger partial charge in [-0.3, -0.25) is 9.10 Å². The van der Waals surface area contributed by atoms with Gasteiger partial charge in [-0.25, -0.2) is 8.42 Å². The smallest absolute Gasteiger partial charge is 0.264 e. The lowest BCUT2D eigenvalue weighted by molar-refractivity contribution is -0.119. The predicted molar refractivity (Wildman–Crippen MR) is 134 cm³/mol. The van der Waals surface area contributed by atoms with Crippen molar-refractivity contribution in [3.05, 3.63) is 54.1 Å². The summed E-state index contributed by atoms with van der Waals surface area (Å²) < 4.78 is 39.4. The number of nitrogens with zero attached hydrogens (tertiary/aromatic N) is 1. The minimum Gasteiger partial charge on any atom is -0.494 e. The average molecular weight is 489 g/mol. The first kappa shape index (κ1) is 26.0. The molecule has 0 bridgehead atoms. The van der Waals surface area contributed by atoms with Crippen molar-refractivity contribution < 1.29 is 22.7 Å². The van der Waals surface area contributed by atoms with E-state index in [0.29, 0.717) is 43.7 Å². The van der Waals surface area contributed by atoms with Gasteiger partial charge in [0.25, 0.3) is 10.0 Å². The Bertz CT molecular complexity index is 1000. The van der Waals surface area contributed by atoms with Crippen LogP contribution in [0.1, 0.15) is 51.0 Å². The zero-order chi connectivity index (χ0) is 24.4. The van der Waals surface area contributed by atoms with Crippen molar-refractivity contribution in [3.63, 3.8) is 0 Å². The van der Waals surface area contributed by atoms with Crippen molar-refractivity contribution in [2.75, 3.05) is 30.6 Å². The van der Waals surface area contributed by atoms with E-state index in [4.69, 9.17) is 9.47 Å². The topological polar surface area (TPSA) is 84.9 Å². The molecule has 1 aliphatic rings. The Balaban J connectivity index is 1.63. The van der Waals surface area contributed by atoms with Gasteiger partial charge in [-0.05, 0) is 69.5 Å². The van der Waals surface area contributed by atoms with Gasteiger partial charge in [0.05, 0.1) is 23.3 Å². The summed E-state index contributed by atoms with van der Waals surface area (Å²) in [4.78, 5) is 12.8. The largest absolute Gasteiger partial charge is 0.494 e. The molecule has 0 radical (unpaired) electrons. The van der Waals surface area contributed by atoms with Gasteiger partial charge in [-0.2, -0.15) is 0 Å². The molecule has 0 spiro atoms. The zero-order valence-corrected chi connectivity index (χ0v) is 21.0. The molecule has 1 fully saturated rings. The molecule has 0 aromatic heterocycles. The molecule has 34 heavy (non-hydrogen) atoms. The molecule has 3 rings (SSSR count). The van der Waals surface area contributed by atoms with Gasteiger partial charge in [0.2, 0.25) is 5.91 Å². The van der Waals surface area contributed by atoms with Crippen LogP contribution in [-0.2, 0) is 19.6 Å². The van der Waals surface area contributed by atoms with E-state index >= 15 is 0 Å². The number of ether oxygens (including phenoxy) is 2. The van der Waals surface area contributed by atoms with Crippen LogP contribution in [0.3, 0.4) is 0 Å². The maximum Gasteiger partial charge on any atom is 0.264 e. The second-order valence-electron chi connectivity index (χ2n) is 8.59. The fourth-order valence-corrected chi connectivity index (χ4v) is 5.42. The highest BCUT2D eigenvalue weighted by Crippen LogP contribution is 2.25. The van der Waals surface area contributed by atoms with E-state index in [1.165, 1.54) is 31.4 Å². The van der Waals surface area contributed by atoms with Crippen LogP contribution in [0.25, 0.3) is 0 Å². The van der Waals surface area contributed by atoms with Gasteiger partial charge >= 0.3 is 0 Å². The molecule has 2 aromatic rings. The van der Waals surface area contributed by atoms with Crippen LogP contribution < -0.4 is 14.4 Å². The number of hydrogen-bond acceptors (Lipinski definition) is 5. The van der Waals surface area contributed by atoms with Gasteiger partial charge in [0.15, 0.2) is 0 Å². The SMILES string of the molecule is CCOc1ccc(S(=O)(=O)N(CC(=O)NCCCOC2CCCCC2)c2ccc(C)cc2)cc1. The molecule has 0 heterocycles. The Morgan fingerprint density at radius 1 is 1.03 bits per heavy atom. The molecule has 0 aliphatic heterocycles. The van der Waals surface area contributed by atoms with E-state index in [1.54, 1.807) is 24.3 Å². The molecule has 186 valence electrons. The number of aryl methyl sites for hydroxylation is 1. The Hall–Kier alpha value is -2.58. The molecular formula is C26H36N2O5S. The summed E-state index contributed by atoms with van der Waals surface area (Å²) in [6.07, 6.45) is 6.98. The lowest BCUT2D eigenvalue weighted by Gasteiger charge is -2.24. The van der Waals surface area contributed by atoms with Crippen molar-refractivity contribution >= 4 is 21.6 Å². The van der Waals surface area contributed by atoms with Gasteiger partial charge in [0, 0.05) is 13.2 Å². The number of nitrogens with one attached hydrogen (secondary N) is 1. The molecule has 7 nitrogen and oxygen atoms in total. The first-order valence-electron chi connectivity index (χ1n) is 12.1. The second kappa shape index (κ2) is 12.8. The van der Waals surface area contributed by atoms with Crippen LogP contribution in [-0.4, -0.2) is 46.7 Å². The molecule has 0 unspecified atom stereocenters. The monoisotopic (exact) mass is 488 g/mol. The fourth-order valence-electron chi connectivity index (χ4n) is 4.00. The van der Waals surface area contributed by atoms with E-state index in [1.807, 2.05) is 26.0 Å². The Morgan fingerprint density at radius 3 is 2.35 bits per heavy atom. The van der Waals surface area contributed by atoms with Crippen molar-refractivity contribution in [3.8, 4) is 5.75 Å². The normalized spacial score (nSPS) is 14.5. The summed E-state index contributed by atoms with van der Waals surface area (Å²) in [5, 5.41) is 2.84.